The third kappa shape index (κ3) is 3.93. The summed E-state index contributed by atoms with van der Waals surface area (Å²) in [5.74, 6) is -0.556. The Morgan fingerprint density at radius 1 is 1.25 bits per heavy atom. The van der Waals surface area contributed by atoms with Gasteiger partial charge in [0.25, 0.3) is 5.91 Å². The SMILES string of the molecule is O=C(N[C@@H](c1ccc(F)cc1)c1ccccc1Cl)[C@H]1CNCCO1. The van der Waals surface area contributed by atoms with Crippen LogP contribution in [-0.2, 0) is 9.53 Å². The fraction of sp³-hybridized carbons (Fsp3) is 0.278. The monoisotopic (exact) mass is 348 g/mol. The highest BCUT2D eigenvalue weighted by Crippen LogP contribution is 2.28. The lowest BCUT2D eigenvalue weighted by atomic mass is 9.98. The van der Waals surface area contributed by atoms with Crippen LogP contribution in [0, 0.1) is 5.82 Å². The smallest absolute Gasteiger partial charge is 0.251 e. The molecule has 4 nitrogen and oxygen atoms in total. The maximum Gasteiger partial charge on any atom is 0.251 e. The largest absolute Gasteiger partial charge is 0.366 e. The lowest BCUT2D eigenvalue weighted by molar-refractivity contribution is -0.134. The van der Waals surface area contributed by atoms with Crippen LogP contribution >= 0.6 is 11.6 Å². The molecule has 2 N–H and O–H groups in total. The molecule has 0 aromatic heterocycles. The van der Waals surface area contributed by atoms with E-state index >= 15 is 0 Å². The third-order valence-electron chi connectivity index (χ3n) is 3.93. The van der Waals surface area contributed by atoms with E-state index in [0.717, 1.165) is 17.7 Å². The van der Waals surface area contributed by atoms with Gasteiger partial charge < -0.3 is 15.4 Å². The molecule has 126 valence electrons. The topological polar surface area (TPSA) is 50.4 Å². The zero-order chi connectivity index (χ0) is 16.9. The van der Waals surface area contributed by atoms with E-state index in [1.54, 1.807) is 18.2 Å². The molecule has 0 radical (unpaired) electrons. The summed E-state index contributed by atoms with van der Waals surface area (Å²) in [5, 5.41) is 6.63. The second-order valence-electron chi connectivity index (χ2n) is 5.58. The molecular weight excluding hydrogens is 331 g/mol. The molecule has 2 atom stereocenters. The van der Waals surface area contributed by atoms with Crippen molar-refractivity contribution in [3.8, 4) is 0 Å². The van der Waals surface area contributed by atoms with Gasteiger partial charge in [0.1, 0.15) is 11.9 Å². The van der Waals surface area contributed by atoms with Crippen molar-refractivity contribution in [2.75, 3.05) is 19.7 Å². The Kier molecular flexibility index (Phi) is 5.45. The number of halogens is 2. The second-order valence-corrected chi connectivity index (χ2v) is 5.99. The van der Waals surface area contributed by atoms with Gasteiger partial charge >= 0.3 is 0 Å². The molecule has 2 aromatic carbocycles. The number of amides is 1. The van der Waals surface area contributed by atoms with Crippen LogP contribution in [0.25, 0.3) is 0 Å². The number of ether oxygens (including phenoxy) is 1. The van der Waals surface area contributed by atoms with Gasteiger partial charge in [-0.15, -0.1) is 0 Å². The molecule has 1 aliphatic rings. The summed E-state index contributed by atoms with van der Waals surface area (Å²) in [5.41, 5.74) is 1.50. The molecule has 6 heteroatoms. The van der Waals surface area contributed by atoms with Crippen LogP contribution in [0.15, 0.2) is 48.5 Å². The van der Waals surface area contributed by atoms with Crippen LogP contribution in [0.5, 0.6) is 0 Å². The number of benzene rings is 2. The van der Waals surface area contributed by atoms with Crippen molar-refractivity contribution in [1.82, 2.24) is 10.6 Å². The summed E-state index contributed by atoms with van der Waals surface area (Å²) < 4.78 is 18.7. The standard InChI is InChI=1S/C18H18ClFN2O2/c19-15-4-2-1-3-14(15)17(12-5-7-13(20)8-6-12)22-18(23)16-11-21-9-10-24-16/h1-8,16-17,21H,9-11H2,(H,22,23)/t16-,17+/m1/s1. The summed E-state index contributed by atoms with van der Waals surface area (Å²) in [6, 6.07) is 12.8. The summed E-state index contributed by atoms with van der Waals surface area (Å²) in [7, 11) is 0. The third-order valence-corrected chi connectivity index (χ3v) is 4.27. The van der Waals surface area contributed by atoms with Crippen molar-refractivity contribution < 1.29 is 13.9 Å². The van der Waals surface area contributed by atoms with Gasteiger partial charge in [-0.05, 0) is 29.3 Å². The number of carbonyl (C=O) groups excluding carboxylic acids is 1. The molecule has 24 heavy (non-hydrogen) atoms. The quantitative estimate of drug-likeness (QED) is 0.893. The van der Waals surface area contributed by atoms with Gasteiger partial charge in [-0.25, -0.2) is 4.39 Å². The van der Waals surface area contributed by atoms with E-state index in [2.05, 4.69) is 10.6 Å². The molecule has 0 bridgehead atoms. The molecule has 1 heterocycles. The molecule has 0 saturated carbocycles. The first-order valence-corrected chi connectivity index (χ1v) is 8.15. The van der Waals surface area contributed by atoms with Gasteiger partial charge in [-0.1, -0.05) is 41.9 Å². The van der Waals surface area contributed by atoms with E-state index < -0.39 is 12.1 Å². The Morgan fingerprint density at radius 2 is 2.00 bits per heavy atom. The maximum atomic E-state index is 13.2. The van der Waals surface area contributed by atoms with Crippen LogP contribution in [0.1, 0.15) is 17.2 Å². The van der Waals surface area contributed by atoms with Crippen molar-refractivity contribution in [2.24, 2.45) is 0 Å². The average Bonchev–Trinajstić information content (AvgIpc) is 2.62. The predicted molar refractivity (Wildman–Crippen MR) is 90.4 cm³/mol. The second kappa shape index (κ2) is 7.75. The first-order valence-electron chi connectivity index (χ1n) is 7.78. The van der Waals surface area contributed by atoms with Crippen molar-refractivity contribution in [3.63, 3.8) is 0 Å². The van der Waals surface area contributed by atoms with Crippen molar-refractivity contribution >= 4 is 17.5 Å². The zero-order valence-corrected chi connectivity index (χ0v) is 13.7. The number of morpholine rings is 1. The Balaban J connectivity index is 1.88. The van der Waals surface area contributed by atoms with Gasteiger partial charge in [0.15, 0.2) is 0 Å². The fourth-order valence-corrected chi connectivity index (χ4v) is 2.92. The van der Waals surface area contributed by atoms with E-state index in [-0.39, 0.29) is 11.7 Å². The number of carbonyl (C=O) groups is 1. The number of hydrogen-bond donors (Lipinski definition) is 2. The van der Waals surface area contributed by atoms with Gasteiger partial charge in [-0.3, -0.25) is 4.79 Å². The molecular formula is C18H18ClFN2O2. The van der Waals surface area contributed by atoms with Crippen LogP contribution < -0.4 is 10.6 Å². The minimum atomic E-state index is -0.552. The van der Waals surface area contributed by atoms with E-state index in [1.165, 1.54) is 12.1 Å². The first-order chi connectivity index (χ1) is 11.6. The number of nitrogens with one attached hydrogen (secondary N) is 2. The summed E-state index contributed by atoms with van der Waals surface area (Å²) in [6.07, 6.45) is -0.552. The predicted octanol–water partition coefficient (Wildman–Crippen LogP) is 2.67. The van der Waals surface area contributed by atoms with Crippen LogP contribution in [-0.4, -0.2) is 31.7 Å². The highest BCUT2D eigenvalue weighted by atomic mass is 35.5. The molecule has 1 saturated heterocycles. The minimum absolute atomic E-state index is 0.226. The van der Waals surface area contributed by atoms with Gasteiger partial charge in [0.2, 0.25) is 0 Å². The van der Waals surface area contributed by atoms with Crippen LogP contribution in [0.2, 0.25) is 5.02 Å². The lowest BCUT2D eigenvalue weighted by Crippen LogP contribution is -2.48. The van der Waals surface area contributed by atoms with Gasteiger partial charge in [0.05, 0.1) is 12.6 Å². The zero-order valence-electron chi connectivity index (χ0n) is 13.0. The Labute approximate surface area is 145 Å². The Hall–Kier alpha value is -1.95. The number of hydrogen-bond acceptors (Lipinski definition) is 3. The summed E-state index contributed by atoms with van der Waals surface area (Å²) in [4.78, 5) is 12.5. The minimum Gasteiger partial charge on any atom is -0.366 e. The molecule has 0 spiro atoms. The number of rotatable bonds is 4. The van der Waals surface area contributed by atoms with E-state index in [0.29, 0.717) is 18.2 Å². The van der Waals surface area contributed by atoms with Gasteiger partial charge in [-0.2, -0.15) is 0 Å². The highest BCUT2D eigenvalue weighted by Gasteiger charge is 2.26. The average molecular weight is 349 g/mol. The summed E-state index contributed by atoms with van der Waals surface area (Å²) >= 11 is 6.30. The maximum absolute atomic E-state index is 13.2. The summed E-state index contributed by atoms with van der Waals surface area (Å²) in [6.45, 7) is 1.69. The van der Waals surface area contributed by atoms with Gasteiger partial charge in [0, 0.05) is 18.1 Å². The Bertz CT molecular complexity index is 702. The molecule has 3 rings (SSSR count). The Morgan fingerprint density at radius 3 is 2.67 bits per heavy atom. The highest BCUT2D eigenvalue weighted by molar-refractivity contribution is 6.31. The normalized spacial score (nSPS) is 18.8. The van der Waals surface area contributed by atoms with Crippen molar-refractivity contribution in [3.05, 3.63) is 70.5 Å². The molecule has 0 aliphatic carbocycles. The lowest BCUT2D eigenvalue weighted by Gasteiger charge is -2.27. The van der Waals surface area contributed by atoms with Crippen molar-refractivity contribution in [1.29, 1.82) is 0 Å². The van der Waals surface area contributed by atoms with Crippen LogP contribution in [0.3, 0.4) is 0 Å². The first kappa shape index (κ1) is 16.9. The van der Waals surface area contributed by atoms with Crippen LogP contribution in [0.4, 0.5) is 4.39 Å². The fourth-order valence-electron chi connectivity index (χ4n) is 2.67. The molecule has 0 unspecified atom stereocenters. The molecule has 1 amide bonds. The molecule has 1 fully saturated rings. The van der Waals surface area contributed by atoms with E-state index in [1.807, 2.05) is 18.2 Å². The van der Waals surface area contributed by atoms with E-state index in [4.69, 9.17) is 16.3 Å². The molecule has 1 aliphatic heterocycles. The van der Waals surface area contributed by atoms with Crippen molar-refractivity contribution in [2.45, 2.75) is 12.1 Å². The van der Waals surface area contributed by atoms with E-state index in [9.17, 15) is 9.18 Å². The molecule has 2 aromatic rings.